The zero-order valence-electron chi connectivity index (χ0n) is 11.7. The van der Waals surface area contributed by atoms with Gasteiger partial charge in [-0.2, -0.15) is 0 Å². The highest BCUT2D eigenvalue weighted by atomic mass is 16.1. The lowest BCUT2D eigenvalue weighted by Gasteiger charge is -2.26. The smallest absolute Gasteiger partial charge is 0.269 e. The van der Waals surface area contributed by atoms with Crippen LogP contribution < -0.4 is 16.4 Å². The fraction of sp³-hybridized carbons (Fsp3) is 0.250. The van der Waals surface area contributed by atoms with Gasteiger partial charge in [0.05, 0.1) is 11.7 Å². The Bertz CT molecular complexity index is 657. The number of hydrogen-bond donors (Lipinski definition) is 2. The molecule has 1 aliphatic rings. The Morgan fingerprint density at radius 3 is 2.67 bits per heavy atom. The highest BCUT2D eigenvalue weighted by molar-refractivity contribution is 5.96. The summed E-state index contributed by atoms with van der Waals surface area (Å²) in [6.07, 6.45) is 2.17. The summed E-state index contributed by atoms with van der Waals surface area (Å²) in [5.41, 5.74) is 12.8. The van der Waals surface area contributed by atoms with E-state index in [4.69, 9.17) is 11.5 Å². The van der Waals surface area contributed by atoms with E-state index in [9.17, 15) is 4.79 Å². The average Bonchev–Trinajstić information content (AvgIpc) is 2.98. The van der Waals surface area contributed by atoms with Gasteiger partial charge < -0.3 is 16.4 Å². The molecular weight excluding hydrogens is 264 g/mol. The van der Waals surface area contributed by atoms with Gasteiger partial charge in [0.15, 0.2) is 5.69 Å². The monoisotopic (exact) mass is 282 g/mol. The number of benzene rings is 1. The van der Waals surface area contributed by atoms with E-state index in [-0.39, 0.29) is 11.7 Å². The molecule has 0 aliphatic carbocycles. The highest BCUT2D eigenvalue weighted by Gasteiger charge is 2.27. The van der Waals surface area contributed by atoms with Crippen molar-refractivity contribution in [1.29, 1.82) is 0 Å². The number of aromatic nitrogens is 1. The fourth-order valence-electron chi connectivity index (χ4n) is 2.88. The molecule has 21 heavy (non-hydrogen) atoms. The number of pyridine rings is 1. The number of rotatable bonds is 3. The quantitative estimate of drug-likeness (QED) is 0.902. The van der Waals surface area contributed by atoms with Crippen molar-refractivity contribution >= 4 is 17.4 Å². The van der Waals surface area contributed by atoms with Crippen LogP contribution in [0, 0.1) is 0 Å². The predicted molar refractivity (Wildman–Crippen MR) is 82.9 cm³/mol. The van der Waals surface area contributed by atoms with Gasteiger partial charge in [0.25, 0.3) is 5.91 Å². The van der Waals surface area contributed by atoms with Crippen molar-refractivity contribution in [3.63, 3.8) is 0 Å². The van der Waals surface area contributed by atoms with Gasteiger partial charge in [-0.3, -0.25) is 4.79 Å². The van der Waals surface area contributed by atoms with Crippen LogP contribution in [-0.4, -0.2) is 17.4 Å². The van der Waals surface area contributed by atoms with Crippen molar-refractivity contribution < 1.29 is 4.79 Å². The number of primary amides is 1. The second-order valence-corrected chi connectivity index (χ2v) is 5.23. The highest BCUT2D eigenvalue weighted by Crippen LogP contribution is 2.35. The lowest BCUT2D eigenvalue weighted by atomic mass is 10.0. The maximum absolute atomic E-state index is 11.4. The minimum absolute atomic E-state index is 0.145. The summed E-state index contributed by atoms with van der Waals surface area (Å²) in [4.78, 5) is 18.0. The molecule has 2 aromatic rings. The molecule has 1 aromatic heterocycles. The van der Waals surface area contributed by atoms with Gasteiger partial charge in [0.2, 0.25) is 0 Å². The molecule has 1 unspecified atom stereocenters. The van der Waals surface area contributed by atoms with Crippen LogP contribution in [0.25, 0.3) is 0 Å². The zero-order chi connectivity index (χ0) is 14.8. The van der Waals surface area contributed by atoms with Crippen molar-refractivity contribution in [1.82, 2.24) is 4.98 Å². The summed E-state index contributed by atoms with van der Waals surface area (Å²) in [6, 6.07) is 14.2. The van der Waals surface area contributed by atoms with Crippen LogP contribution >= 0.6 is 0 Å². The number of anilines is 2. The van der Waals surface area contributed by atoms with Gasteiger partial charge in [0.1, 0.15) is 5.82 Å². The van der Waals surface area contributed by atoms with Crippen molar-refractivity contribution in [2.24, 2.45) is 5.73 Å². The molecule has 108 valence electrons. The Labute approximate surface area is 123 Å². The number of hydrogen-bond acceptors (Lipinski definition) is 4. The van der Waals surface area contributed by atoms with Crippen LogP contribution in [0.4, 0.5) is 11.5 Å². The summed E-state index contributed by atoms with van der Waals surface area (Å²) >= 11 is 0. The normalized spacial score (nSPS) is 17.9. The van der Waals surface area contributed by atoms with E-state index in [1.807, 2.05) is 24.3 Å². The average molecular weight is 282 g/mol. The fourth-order valence-corrected chi connectivity index (χ4v) is 2.88. The van der Waals surface area contributed by atoms with E-state index >= 15 is 0 Å². The maximum atomic E-state index is 11.4. The number of carbonyl (C=O) groups is 1. The van der Waals surface area contributed by atoms with Gasteiger partial charge in [-0.05, 0) is 30.5 Å². The molecule has 5 heteroatoms. The molecule has 1 aliphatic heterocycles. The standard InChI is InChI=1S/C16H18N4O/c17-12-8-9-14(19-15(12)16(18)21)20-10-4-7-13(20)11-5-2-1-3-6-11/h1-3,5-6,8-9,13H,4,7,10,17H2,(H2,18,21). The minimum Gasteiger partial charge on any atom is -0.397 e. The molecule has 0 saturated carbocycles. The van der Waals surface area contributed by atoms with E-state index < -0.39 is 5.91 Å². The molecule has 1 atom stereocenters. The van der Waals surface area contributed by atoms with Gasteiger partial charge in [-0.15, -0.1) is 0 Å². The Kier molecular flexibility index (Phi) is 3.48. The van der Waals surface area contributed by atoms with Gasteiger partial charge in [-0.1, -0.05) is 30.3 Å². The molecule has 1 saturated heterocycles. The molecule has 1 amide bonds. The summed E-state index contributed by atoms with van der Waals surface area (Å²) in [6.45, 7) is 0.911. The van der Waals surface area contributed by atoms with Gasteiger partial charge in [0, 0.05) is 6.54 Å². The first kappa shape index (κ1) is 13.4. The summed E-state index contributed by atoms with van der Waals surface area (Å²) in [5, 5.41) is 0. The number of amides is 1. The van der Waals surface area contributed by atoms with Crippen LogP contribution in [0.15, 0.2) is 42.5 Å². The van der Waals surface area contributed by atoms with Gasteiger partial charge >= 0.3 is 0 Å². The third-order valence-electron chi connectivity index (χ3n) is 3.88. The molecule has 2 heterocycles. The second-order valence-electron chi connectivity index (χ2n) is 5.23. The molecular formula is C16H18N4O. The van der Waals surface area contributed by atoms with Crippen molar-refractivity contribution in [2.75, 3.05) is 17.2 Å². The molecule has 1 fully saturated rings. The number of nitrogens with zero attached hydrogens (tertiary/aromatic N) is 2. The SMILES string of the molecule is NC(=O)c1nc(N2CCCC2c2ccccc2)ccc1N. The molecule has 1 aromatic carbocycles. The third kappa shape index (κ3) is 2.54. The van der Waals surface area contributed by atoms with E-state index in [0.717, 1.165) is 25.2 Å². The Morgan fingerprint density at radius 2 is 1.95 bits per heavy atom. The third-order valence-corrected chi connectivity index (χ3v) is 3.88. The summed E-state index contributed by atoms with van der Waals surface area (Å²) in [5.74, 6) is 0.161. The lowest BCUT2D eigenvalue weighted by Crippen LogP contribution is -2.25. The predicted octanol–water partition coefficient (Wildman–Crippen LogP) is 2.10. The van der Waals surface area contributed by atoms with E-state index in [2.05, 4.69) is 22.0 Å². The van der Waals surface area contributed by atoms with Crippen LogP contribution in [-0.2, 0) is 0 Å². The van der Waals surface area contributed by atoms with Crippen LogP contribution in [0.2, 0.25) is 0 Å². The van der Waals surface area contributed by atoms with Crippen molar-refractivity contribution in [3.05, 3.63) is 53.7 Å². The molecule has 5 nitrogen and oxygen atoms in total. The van der Waals surface area contributed by atoms with E-state index in [1.54, 1.807) is 6.07 Å². The van der Waals surface area contributed by atoms with Crippen LogP contribution in [0.5, 0.6) is 0 Å². The molecule has 0 bridgehead atoms. The first-order valence-electron chi connectivity index (χ1n) is 7.05. The summed E-state index contributed by atoms with van der Waals surface area (Å²) in [7, 11) is 0. The minimum atomic E-state index is -0.593. The van der Waals surface area contributed by atoms with E-state index in [1.165, 1.54) is 5.56 Å². The Balaban J connectivity index is 1.96. The zero-order valence-corrected chi connectivity index (χ0v) is 11.7. The van der Waals surface area contributed by atoms with Crippen LogP contribution in [0.3, 0.4) is 0 Å². The van der Waals surface area contributed by atoms with E-state index in [0.29, 0.717) is 5.69 Å². The Morgan fingerprint density at radius 1 is 1.19 bits per heavy atom. The molecule has 0 radical (unpaired) electrons. The number of nitrogen functional groups attached to an aromatic ring is 1. The molecule has 4 N–H and O–H groups in total. The summed E-state index contributed by atoms with van der Waals surface area (Å²) < 4.78 is 0. The topological polar surface area (TPSA) is 85.2 Å². The van der Waals surface area contributed by atoms with Crippen molar-refractivity contribution in [3.8, 4) is 0 Å². The Hall–Kier alpha value is -2.56. The number of carbonyl (C=O) groups excluding carboxylic acids is 1. The van der Waals surface area contributed by atoms with Crippen LogP contribution in [0.1, 0.15) is 34.9 Å². The maximum Gasteiger partial charge on any atom is 0.269 e. The van der Waals surface area contributed by atoms with Crippen molar-refractivity contribution in [2.45, 2.75) is 18.9 Å². The molecule has 0 spiro atoms. The first-order chi connectivity index (χ1) is 10.2. The lowest BCUT2D eigenvalue weighted by molar-refractivity contribution is 0.0996. The number of nitrogens with two attached hydrogens (primary N) is 2. The first-order valence-corrected chi connectivity index (χ1v) is 7.05. The second kappa shape index (κ2) is 5.44. The molecule has 3 rings (SSSR count). The van der Waals surface area contributed by atoms with Gasteiger partial charge in [-0.25, -0.2) is 4.98 Å². The largest absolute Gasteiger partial charge is 0.397 e.